The van der Waals surface area contributed by atoms with E-state index in [9.17, 15) is 9.59 Å². The maximum Gasteiger partial charge on any atom is 0.253 e. The van der Waals surface area contributed by atoms with Gasteiger partial charge in [-0.1, -0.05) is 62.2 Å². The van der Waals surface area contributed by atoms with E-state index in [4.69, 9.17) is 23.2 Å². The van der Waals surface area contributed by atoms with Gasteiger partial charge in [-0.05, 0) is 36.5 Å². The van der Waals surface area contributed by atoms with Crippen molar-refractivity contribution in [3.8, 4) is 0 Å². The third-order valence-corrected chi connectivity index (χ3v) is 5.19. The highest BCUT2D eigenvalue weighted by Gasteiger charge is 2.24. The molecule has 2 amide bonds. The van der Waals surface area contributed by atoms with Crippen molar-refractivity contribution in [1.29, 1.82) is 0 Å². The van der Waals surface area contributed by atoms with Gasteiger partial charge >= 0.3 is 0 Å². The van der Waals surface area contributed by atoms with Gasteiger partial charge in [-0.2, -0.15) is 0 Å². The predicted octanol–water partition coefficient (Wildman–Crippen LogP) is 4.83. The summed E-state index contributed by atoms with van der Waals surface area (Å²) in [5, 5.41) is 15.6. The van der Waals surface area contributed by atoms with Crippen LogP contribution in [0.1, 0.15) is 49.5 Å². The quantitative estimate of drug-likeness (QED) is 0.612. The van der Waals surface area contributed by atoms with Gasteiger partial charge in [0.25, 0.3) is 5.91 Å². The van der Waals surface area contributed by atoms with Gasteiger partial charge in [0.15, 0.2) is 0 Å². The molecule has 28 heavy (non-hydrogen) atoms. The van der Waals surface area contributed by atoms with Crippen molar-refractivity contribution in [1.82, 2.24) is 15.5 Å². The summed E-state index contributed by atoms with van der Waals surface area (Å²) in [6.45, 7) is 8.15. The zero-order valence-corrected chi connectivity index (χ0v) is 18.6. The Labute approximate surface area is 179 Å². The normalized spacial score (nSPS) is 12.3. The van der Waals surface area contributed by atoms with E-state index in [1.54, 1.807) is 6.07 Å². The monoisotopic (exact) mass is 442 g/mol. The molecule has 2 N–H and O–H groups in total. The van der Waals surface area contributed by atoms with E-state index in [0.717, 1.165) is 11.4 Å². The third kappa shape index (κ3) is 6.72. The van der Waals surface area contributed by atoms with E-state index in [2.05, 4.69) is 34.7 Å². The molecule has 1 aromatic carbocycles. The van der Waals surface area contributed by atoms with E-state index in [1.807, 2.05) is 13.8 Å². The van der Waals surface area contributed by atoms with Gasteiger partial charge in [0, 0.05) is 11.4 Å². The van der Waals surface area contributed by atoms with E-state index >= 15 is 0 Å². The predicted molar refractivity (Wildman–Crippen MR) is 114 cm³/mol. The number of rotatable bonds is 8. The number of hydrogen-bond donors (Lipinski definition) is 2. The molecule has 1 aromatic heterocycles. The second-order valence-electron chi connectivity index (χ2n) is 7.37. The Morgan fingerprint density at radius 1 is 1.11 bits per heavy atom. The number of benzene rings is 1. The van der Waals surface area contributed by atoms with Crippen LogP contribution < -0.4 is 10.6 Å². The Bertz CT molecular complexity index is 839. The van der Waals surface area contributed by atoms with Crippen LogP contribution >= 0.6 is 34.5 Å². The summed E-state index contributed by atoms with van der Waals surface area (Å²) >= 11 is 13.3. The molecule has 0 aliphatic carbocycles. The third-order valence-electron chi connectivity index (χ3n) is 3.78. The molecule has 6 nitrogen and oxygen atoms in total. The minimum atomic E-state index is -0.725. The fraction of sp³-hybridized carbons (Fsp3) is 0.474. The summed E-state index contributed by atoms with van der Waals surface area (Å²) in [5.41, 5.74) is 0.266. The first kappa shape index (κ1) is 22.6. The number of anilines is 1. The van der Waals surface area contributed by atoms with Crippen LogP contribution in [0.25, 0.3) is 0 Å². The maximum atomic E-state index is 12.7. The van der Waals surface area contributed by atoms with Crippen molar-refractivity contribution < 1.29 is 9.59 Å². The Morgan fingerprint density at radius 3 is 2.43 bits per heavy atom. The maximum absolute atomic E-state index is 12.7. The van der Waals surface area contributed by atoms with Crippen LogP contribution in [0.3, 0.4) is 0 Å². The van der Waals surface area contributed by atoms with E-state index in [1.165, 1.54) is 23.5 Å². The minimum absolute atomic E-state index is 0.197. The highest BCUT2D eigenvalue weighted by Crippen LogP contribution is 2.22. The van der Waals surface area contributed by atoms with Crippen molar-refractivity contribution in [2.75, 3.05) is 5.32 Å². The summed E-state index contributed by atoms with van der Waals surface area (Å²) in [6, 6.07) is 3.88. The van der Waals surface area contributed by atoms with Crippen LogP contribution in [-0.4, -0.2) is 28.1 Å². The first-order chi connectivity index (χ1) is 13.2. The number of hydrogen-bond acceptors (Lipinski definition) is 5. The van der Waals surface area contributed by atoms with E-state index < -0.39 is 11.9 Å². The molecular weight excluding hydrogens is 419 g/mol. The van der Waals surface area contributed by atoms with Gasteiger partial charge in [-0.25, -0.2) is 0 Å². The van der Waals surface area contributed by atoms with E-state index in [0.29, 0.717) is 22.5 Å². The van der Waals surface area contributed by atoms with Crippen molar-refractivity contribution in [3.05, 3.63) is 38.8 Å². The molecular formula is C19H24Cl2N4O2S. The Hall–Kier alpha value is -1.70. The fourth-order valence-corrected chi connectivity index (χ4v) is 3.99. The molecule has 1 atom stereocenters. The van der Waals surface area contributed by atoms with Gasteiger partial charge in [-0.3, -0.25) is 14.9 Å². The molecule has 2 aromatic rings. The number of carbonyl (C=O) groups excluding carboxylic acids is 2. The van der Waals surface area contributed by atoms with Gasteiger partial charge in [-0.15, -0.1) is 10.2 Å². The molecule has 0 aliphatic rings. The summed E-state index contributed by atoms with van der Waals surface area (Å²) in [7, 11) is 0. The van der Waals surface area contributed by atoms with Crippen molar-refractivity contribution in [2.45, 2.75) is 46.6 Å². The average molecular weight is 443 g/mol. The molecule has 0 saturated carbocycles. The van der Waals surface area contributed by atoms with Gasteiger partial charge in [0.05, 0.1) is 10.6 Å². The Morgan fingerprint density at radius 2 is 1.82 bits per heavy atom. The fourth-order valence-electron chi connectivity index (χ4n) is 2.54. The highest BCUT2D eigenvalue weighted by molar-refractivity contribution is 7.15. The summed E-state index contributed by atoms with van der Waals surface area (Å²) in [4.78, 5) is 25.4. The SMILES string of the molecule is CC(C)Cc1nnc(NC(=O)C(CC(C)C)NC(=O)c2ccc(Cl)cc2Cl)s1. The van der Waals surface area contributed by atoms with Crippen LogP contribution in [0.5, 0.6) is 0 Å². The van der Waals surface area contributed by atoms with Crippen LogP contribution in [0.2, 0.25) is 10.0 Å². The van der Waals surface area contributed by atoms with Crippen molar-refractivity contribution in [2.24, 2.45) is 11.8 Å². The zero-order valence-electron chi connectivity index (χ0n) is 16.3. The summed E-state index contributed by atoms with van der Waals surface area (Å²) in [6.07, 6.45) is 1.27. The lowest BCUT2D eigenvalue weighted by Gasteiger charge is -2.19. The molecule has 1 unspecified atom stereocenters. The van der Waals surface area contributed by atoms with Gasteiger partial charge in [0.2, 0.25) is 11.0 Å². The van der Waals surface area contributed by atoms with Crippen LogP contribution in [-0.2, 0) is 11.2 Å². The molecule has 0 bridgehead atoms. The molecule has 9 heteroatoms. The van der Waals surface area contributed by atoms with Crippen molar-refractivity contribution >= 4 is 51.5 Å². The lowest BCUT2D eigenvalue weighted by molar-refractivity contribution is -0.118. The second kappa shape index (κ2) is 10.2. The molecule has 152 valence electrons. The van der Waals surface area contributed by atoms with Gasteiger partial charge < -0.3 is 5.32 Å². The van der Waals surface area contributed by atoms with Crippen LogP contribution in [0.4, 0.5) is 5.13 Å². The van der Waals surface area contributed by atoms with E-state index in [-0.39, 0.29) is 22.4 Å². The number of aromatic nitrogens is 2. The molecule has 0 saturated heterocycles. The number of halogens is 2. The number of amides is 2. The smallest absolute Gasteiger partial charge is 0.253 e. The average Bonchev–Trinajstić information content (AvgIpc) is 2.99. The minimum Gasteiger partial charge on any atom is -0.340 e. The van der Waals surface area contributed by atoms with Crippen LogP contribution in [0, 0.1) is 11.8 Å². The van der Waals surface area contributed by atoms with Gasteiger partial charge in [0.1, 0.15) is 11.0 Å². The molecule has 2 rings (SSSR count). The summed E-state index contributed by atoms with van der Waals surface area (Å²) in [5.74, 6) is -0.115. The zero-order chi connectivity index (χ0) is 20.8. The summed E-state index contributed by atoms with van der Waals surface area (Å²) < 4.78 is 0. The lowest BCUT2D eigenvalue weighted by Crippen LogP contribution is -2.44. The Balaban J connectivity index is 2.10. The largest absolute Gasteiger partial charge is 0.340 e. The Kier molecular flexibility index (Phi) is 8.22. The molecule has 0 spiro atoms. The highest BCUT2D eigenvalue weighted by atomic mass is 35.5. The second-order valence-corrected chi connectivity index (χ2v) is 9.27. The number of nitrogens with zero attached hydrogens (tertiary/aromatic N) is 2. The topological polar surface area (TPSA) is 84.0 Å². The lowest BCUT2D eigenvalue weighted by atomic mass is 10.0. The van der Waals surface area contributed by atoms with Crippen molar-refractivity contribution in [3.63, 3.8) is 0 Å². The molecule has 0 fully saturated rings. The molecule has 1 heterocycles. The molecule has 0 radical (unpaired) electrons. The number of nitrogens with one attached hydrogen (secondary N) is 2. The van der Waals surface area contributed by atoms with Crippen LogP contribution in [0.15, 0.2) is 18.2 Å². The first-order valence-corrected chi connectivity index (χ1v) is 10.6. The standard InChI is InChI=1S/C19H24Cl2N4O2S/c1-10(2)7-15(22-17(26)13-6-5-12(20)9-14(13)21)18(27)23-19-25-24-16(28-19)8-11(3)4/h5-6,9-11,15H,7-8H2,1-4H3,(H,22,26)(H,23,25,27). The first-order valence-electron chi connectivity index (χ1n) is 9.04. The molecule has 0 aliphatic heterocycles. The number of carbonyl (C=O) groups is 2.